The predicted octanol–water partition coefficient (Wildman–Crippen LogP) is 3.15. The van der Waals surface area contributed by atoms with Crippen molar-refractivity contribution in [1.82, 2.24) is 0 Å². The first kappa shape index (κ1) is 16.4. The lowest BCUT2D eigenvalue weighted by Crippen LogP contribution is -2.49. The Kier molecular flexibility index (Phi) is 4.01. The molecule has 1 aliphatic heterocycles. The van der Waals surface area contributed by atoms with Gasteiger partial charge in [-0.25, -0.2) is 0 Å². The summed E-state index contributed by atoms with van der Waals surface area (Å²) in [7, 11) is 0. The number of aliphatic hydroxyl groups is 1. The average Bonchev–Trinajstić information content (AvgIpc) is 2.83. The Morgan fingerprint density at radius 2 is 1.58 bits per heavy atom. The van der Waals surface area contributed by atoms with E-state index in [1.165, 1.54) is 0 Å². The van der Waals surface area contributed by atoms with Gasteiger partial charge in [0.05, 0.1) is 11.6 Å². The first-order valence-corrected chi connectivity index (χ1v) is 8.13. The smallest absolute Gasteiger partial charge is 0.264 e. The van der Waals surface area contributed by atoms with E-state index in [1.807, 2.05) is 32.0 Å². The summed E-state index contributed by atoms with van der Waals surface area (Å²) < 4.78 is 0. The second kappa shape index (κ2) is 5.87. The molecule has 2 unspecified atom stereocenters. The molecule has 1 heterocycles. The average molecular weight is 323 g/mol. The number of hydrogen-bond acceptors (Lipinski definition) is 3. The van der Waals surface area contributed by atoms with E-state index in [2.05, 4.69) is 0 Å². The van der Waals surface area contributed by atoms with Gasteiger partial charge in [-0.2, -0.15) is 0 Å². The fourth-order valence-electron chi connectivity index (χ4n) is 3.39. The van der Waals surface area contributed by atoms with E-state index in [4.69, 9.17) is 0 Å². The third-order valence-electron chi connectivity index (χ3n) is 4.71. The van der Waals surface area contributed by atoms with Crippen LogP contribution in [0.5, 0.6) is 0 Å². The third-order valence-corrected chi connectivity index (χ3v) is 4.71. The van der Waals surface area contributed by atoms with Crippen LogP contribution in [-0.4, -0.2) is 22.8 Å². The molecule has 0 bridgehead atoms. The number of carbonyl (C=O) groups is 2. The molecule has 2 aromatic rings. The van der Waals surface area contributed by atoms with Crippen LogP contribution in [-0.2, 0) is 10.4 Å². The highest BCUT2D eigenvalue weighted by molar-refractivity contribution is 6.11. The monoisotopic (exact) mass is 323 g/mol. The zero-order valence-corrected chi connectivity index (χ0v) is 14.1. The van der Waals surface area contributed by atoms with Crippen LogP contribution in [0, 0.1) is 5.92 Å². The van der Waals surface area contributed by atoms with Crippen LogP contribution >= 0.6 is 0 Å². The third kappa shape index (κ3) is 2.26. The molecule has 24 heavy (non-hydrogen) atoms. The van der Waals surface area contributed by atoms with E-state index in [-0.39, 0.29) is 11.8 Å². The summed E-state index contributed by atoms with van der Waals surface area (Å²) in [5, 5.41) is 11.3. The Labute approximate surface area is 141 Å². The molecule has 3 rings (SSSR count). The maximum absolute atomic E-state index is 13.0. The Balaban J connectivity index is 2.09. The van der Waals surface area contributed by atoms with Gasteiger partial charge < -0.3 is 10.0 Å². The maximum atomic E-state index is 13.0. The van der Waals surface area contributed by atoms with Crippen LogP contribution in [0.1, 0.15) is 36.7 Å². The van der Waals surface area contributed by atoms with Crippen LogP contribution in [0.25, 0.3) is 0 Å². The van der Waals surface area contributed by atoms with Gasteiger partial charge in [-0.15, -0.1) is 0 Å². The summed E-state index contributed by atoms with van der Waals surface area (Å²) in [6.45, 7) is 5.40. The molecule has 0 radical (unpaired) electrons. The van der Waals surface area contributed by atoms with Gasteiger partial charge in [0.25, 0.3) is 5.91 Å². The van der Waals surface area contributed by atoms with Crippen LogP contribution in [0.4, 0.5) is 5.69 Å². The van der Waals surface area contributed by atoms with Crippen molar-refractivity contribution < 1.29 is 14.7 Å². The number of hydrogen-bond donors (Lipinski definition) is 1. The molecular formula is C20H21NO3. The fraction of sp³-hybridized carbons (Fsp3) is 0.300. The normalized spacial score (nSPS) is 21.0. The van der Waals surface area contributed by atoms with Gasteiger partial charge in [0.1, 0.15) is 0 Å². The number of benzene rings is 2. The molecule has 1 aliphatic rings. The number of fused-ring (bicyclic) bond motifs is 1. The minimum absolute atomic E-state index is 0.105. The van der Waals surface area contributed by atoms with Crippen LogP contribution in [0.3, 0.4) is 0 Å². The van der Waals surface area contributed by atoms with Crippen molar-refractivity contribution in [3.8, 4) is 0 Å². The molecule has 0 saturated carbocycles. The summed E-state index contributed by atoms with van der Waals surface area (Å²) in [6.07, 6.45) is 0. The van der Waals surface area contributed by atoms with Crippen molar-refractivity contribution in [3.63, 3.8) is 0 Å². The van der Waals surface area contributed by atoms with Gasteiger partial charge in [-0.3, -0.25) is 9.59 Å². The van der Waals surface area contributed by atoms with E-state index in [1.54, 1.807) is 48.2 Å². The van der Waals surface area contributed by atoms with Gasteiger partial charge in [0.15, 0.2) is 11.4 Å². The number of Topliss-reactive ketones (excluding diaryl/α,β-unsaturated/α-hetero) is 1. The van der Waals surface area contributed by atoms with Crippen LogP contribution in [0.15, 0.2) is 54.6 Å². The first-order chi connectivity index (χ1) is 11.4. The first-order valence-electron chi connectivity index (χ1n) is 8.13. The van der Waals surface area contributed by atoms with Crippen molar-refractivity contribution in [2.45, 2.75) is 32.4 Å². The minimum Gasteiger partial charge on any atom is -0.375 e. The molecular weight excluding hydrogens is 302 g/mol. The Morgan fingerprint density at radius 3 is 2.21 bits per heavy atom. The topological polar surface area (TPSA) is 57.6 Å². The van der Waals surface area contributed by atoms with Gasteiger partial charge in [0.2, 0.25) is 0 Å². The van der Waals surface area contributed by atoms with Crippen LogP contribution in [0.2, 0.25) is 0 Å². The number of anilines is 1. The van der Waals surface area contributed by atoms with E-state index in [0.717, 1.165) is 0 Å². The highest BCUT2D eigenvalue weighted by Crippen LogP contribution is 2.46. The lowest BCUT2D eigenvalue weighted by Gasteiger charge is -2.29. The number of amides is 1. The molecule has 0 aromatic heterocycles. The zero-order chi connectivity index (χ0) is 17.5. The molecule has 2 atom stereocenters. The molecule has 2 aromatic carbocycles. The zero-order valence-electron chi connectivity index (χ0n) is 14.1. The van der Waals surface area contributed by atoms with Gasteiger partial charge in [-0.1, -0.05) is 55.5 Å². The quantitative estimate of drug-likeness (QED) is 0.879. The van der Waals surface area contributed by atoms with E-state index < -0.39 is 17.4 Å². The second-order valence-corrected chi connectivity index (χ2v) is 6.50. The Morgan fingerprint density at radius 1 is 1.00 bits per heavy atom. The van der Waals surface area contributed by atoms with Crippen molar-refractivity contribution in [3.05, 3.63) is 65.7 Å². The highest BCUT2D eigenvalue weighted by Gasteiger charge is 2.55. The summed E-state index contributed by atoms with van der Waals surface area (Å²) in [5.74, 6) is -1.56. The number of para-hydroxylation sites is 1. The van der Waals surface area contributed by atoms with Gasteiger partial charge in [-0.05, 0) is 19.9 Å². The standard InChI is InChI=1S/C20H21NO3/c1-13(2)21-17-12-8-7-11-16(17)20(24,19(21)23)14(3)18(22)15-9-5-4-6-10-15/h4-14,24H,1-3H3. The largest absolute Gasteiger partial charge is 0.375 e. The Hall–Kier alpha value is -2.46. The number of ketones is 1. The number of rotatable bonds is 4. The molecule has 0 fully saturated rings. The van der Waals surface area contributed by atoms with Gasteiger partial charge in [0, 0.05) is 17.2 Å². The fourth-order valence-corrected chi connectivity index (χ4v) is 3.39. The van der Waals surface area contributed by atoms with E-state index in [0.29, 0.717) is 16.8 Å². The Bertz CT molecular complexity index is 784. The lowest BCUT2D eigenvalue weighted by atomic mass is 9.79. The summed E-state index contributed by atoms with van der Waals surface area (Å²) in [6, 6.07) is 15.8. The summed E-state index contributed by atoms with van der Waals surface area (Å²) in [4.78, 5) is 27.4. The lowest BCUT2D eigenvalue weighted by molar-refractivity contribution is -0.140. The van der Waals surface area contributed by atoms with E-state index in [9.17, 15) is 14.7 Å². The molecule has 0 spiro atoms. The molecule has 4 nitrogen and oxygen atoms in total. The second-order valence-electron chi connectivity index (χ2n) is 6.50. The molecule has 1 N–H and O–H groups in total. The molecule has 0 saturated heterocycles. The SMILES string of the molecule is CC(C)N1C(=O)C(O)(C(C)C(=O)c2ccccc2)c2ccccc21. The minimum atomic E-state index is -1.84. The predicted molar refractivity (Wildman–Crippen MR) is 92.9 cm³/mol. The van der Waals surface area contributed by atoms with Crippen molar-refractivity contribution >= 4 is 17.4 Å². The number of nitrogens with zero attached hydrogens (tertiary/aromatic N) is 1. The summed E-state index contributed by atoms with van der Waals surface area (Å²) >= 11 is 0. The highest BCUT2D eigenvalue weighted by atomic mass is 16.3. The molecule has 124 valence electrons. The van der Waals surface area contributed by atoms with Crippen molar-refractivity contribution in [2.75, 3.05) is 4.90 Å². The number of carbonyl (C=O) groups excluding carboxylic acids is 2. The molecule has 0 aliphatic carbocycles. The molecule has 4 heteroatoms. The van der Waals surface area contributed by atoms with Crippen LogP contribution < -0.4 is 4.90 Å². The van der Waals surface area contributed by atoms with E-state index >= 15 is 0 Å². The van der Waals surface area contributed by atoms with Crippen molar-refractivity contribution in [1.29, 1.82) is 0 Å². The molecule has 1 amide bonds. The van der Waals surface area contributed by atoms with Crippen molar-refractivity contribution in [2.24, 2.45) is 5.92 Å². The maximum Gasteiger partial charge on any atom is 0.264 e. The van der Waals surface area contributed by atoms with Gasteiger partial charge >= 0.3 is 0 Å². The summed E-state index contributed by atoms with van der Waals surface area (Å²) in [5.41, 5.74) is -0.173.